The molecule has 1 aromatic carbocycles. The lowest BCUT2D eigenvalue weighted by molar-refractivity contribution is -0.125. The van der Waals surface area contributed by atoms with Crippen LogP contribution in [0.15, 0.2) is 24.8 Å². The van der Waals surface area contributed by atoms with Gasteiger partial charge in [0.2, 0.25) is 5.91 Å². The molecule has 0 aliphatic carbocycles. The summed E-state index contributed by atoms with van der Waals surface area (Å²) in [6.07, 6.45) is 3.61. The summed E-state index contributed by atoms with van der Waals surface area (Å²) in [5, 5.41) is 9.84. The van der Waals surface area contributed by atoms with Crippen LogP contribution in [0.5, 0.6) is 0 Å². The van der Waals surface area contributed by atoms with Gasteiger partial charge in [-0.3, -0.25) is 9.59 Å². The summed E-state index contributed by atoms with van der Waals surface area (Å²) in [6.45, 7) is 5.86. The molecule has 1 aromatic heterocycles. The second kappa shape index (κ2) is 6.48. The first-order valence-corrected chi connectivity index (χ1v) is 8.04. The lowest BCUT2D eigenvalue weighted by Crippen LogP contribution is -2.34. The molecule has 0 atom stereocenters. The summed E-state index contributed by atoms with van der Waals surface area (Å²) >= 11 is 0. The van der Waals surface area contributed by atoms with Gasteiger partial charge in [-0.25, -0.2) is 4.39 Å². The normalized spacial score (nSPS) is 14.0. The number of nitrogens with two attached hydrogens (primary N) is 1. The molecular weight excluding hydrogens is 335 g/mol. The van der Waals surface area contributed by atoms with Crippen LogP contribution < -0.4 is 5.73 Å². The third kappa shape index (κ3) is 2.65. The van der Waals surface area contributed by atoms with Crippen molar-refractivity contribution in [2.45, 2.75) is 13.3 Å². The first-order chi connectivity index (χ1) is 12.4. The predicted molar refractivity (Wildman–Crippen MR) is 95.6 cm³/mol. The van der Waals surface area contributed by atoms with Gasteiger partial charge in [0, 0.05) is 29.7 Å². The second-order valence-corrected chi connectivity index (χ2v) is 6.11. The van der Waals surface area contributed by atoms with E-state index in [0.717, 1.165) is 6.07 Å². The first-order valence-electron chi connectivity index (χ1n) is 8.04. The number of nitriles is 1. The van der Waals surface area contributed by atoms with Crippen molar-refractivity contribution >= 4 is 28.3 Å². The van der Waals surface area contributed by atoms with Crippen molar-refractivity contribution in [2.24, 2.45) is 5.73 Å². The highest BCUT2D eigenvalue weighted by atomic mass is 19.1. The van der Waals surface area contributed by atoms with Gasteiger partial charge >= 0.3 is 0 Å². The Morgan fingerprint density at radius 1 is 1.50 bits per heavy atom. The van der Waals surface area contributed by atoms with Crippen molar-refractivity contribution < 1.29 is 14.0 Å². The van der Waals surface area contributed by atoms with Crippen LogP contribution in [-0.2, 0) is 4.79 Å². The molecule has 132 valence electrons. The number of hydrogen-bond acceptors (Lipinski definition) is 3. The molecule has 0 saturated carbocycles. The zero-order valence-corrected chi connectivity index (χ0v) is 14.2. The van der Waals surface area contributed by atoms with Gasteiger partial charge in [0.05, 0.1) is 16.6 Å². The number of benzene rings is 1. The van der Waals surface area contributed by atoms with Gasteiger partial charge in [-0.05, 0) is 31.1 Å². The fourth-order valence-corrected chi connectivity index (χ4v) is 3.36. The molecule has 26 heavy (non-hydrogen) atoms. The summed E-state index contributed by atoms with van der Waals surface area (Å²) in [6, 6.07) is 3.14. The topological polar surface area (TPSA) is 103 Å². The Morgan fingerprint density at radius 2 is 2.23 bits per heavy atom. The van der Waals surface area contributed by atoms with Gasteiger partial charge < -0.3 is 15.6 Å². The lowest BCUT2D eigenvalue weighted by atomic mass is 9.93. The minimum atomic E-state index is -0.785. The Labute approximate surface area is 149 Å². The van der Waals surface area contributed by atoms with Crippen LogP contribution in [0.25, 0.3) is 16.5 Å². The molecule has 3 rings (SSSR count). The second-order valence-electron chi connectivity index (χ2n) is 6.11. The van der Waals surface area contributed by atoms with E-state index in [2.05, 4.69) is 17.6 Å². The van der Waals surface area contributed by atoms with Crippen molar-refractivity contribution in [3.63, 3.8) is 0 Å². The van der Waals surface area contributed by atoms with Gasteiger partial charge in [0.25, 0.3) is 5.91 Å². The van der Waals surface area contributed by atoms with Crippen LogP contribution >= 0.6 is 0 Å². The fourth-order valence-electron chi connectivity index (χ4n) is 3.36. The van der Waals surface area contributed by atoms with Crippen molar-refractivity contribution in [3.05, 3.63) is 53.0 Å². The Hall–Kier alpha value is -3.40. The Bertz CT molecular complexity index is 1030. The Kier molecular flexibility index (Phi) is 4.34. The average Bonchev–Trinajstić information content (AvgIpc) is 2.95. The number of carbonyl (C=O) groups excluding carboxylic acids is 2. The van der Waals surface area contributed by atoms with Crippen molar-refractivity contribution in [1.29, 1.82) is 5.26 Å². The molecule has 7 heteroatoms. The number of nitrogens with zero attached hydrogens (tertiary/aromatic N) is 2. The van der Waals surface area contributed by atoms with Crippen LogP contribution in [-0.4, -0.2) is 34.8 Å². The third-order valence-electron chi connectivity index (χ3n) is 4.55. The first kappa shape index (κ1) is 17.4. The van der Waals surface area contributed by atoms with Gasteiger partial charge in [0.1, 0.15) is 11.9 Å². The molecule has 1 aliphatic rings. The van der Waals surface area contributed by atoms with E-state index in [0.29, 0.717) is 35.1 Å². The maximum Gasteiger partial charge on any atom is 0.250 e. The van der Waals surface area contributed by atoms with Gasteiger partial charge in [-0.1, -0.05) is 12.7 Å². The average molecular weight is 352 g/mol. The minimum Gasteiger partial charge on any atom is -0.366 e. The van der Waals surface area contributed by atoms with Crippen LogP contribution in [0.2, 0.25) is 0 Å². The maximum atomic E-state index is 15.0. The van der Waals surface area contributed by atoms with Crippen molar-refractivity contribution in [3.8, 4) is 6.07 Å². The number of aromatic nitrogens is 1. The molecule has 2 heterocycles. The molecule has 0 unspecified atom stereocenters. The smallest absolute Gasteiger partial charge is 0.250 e. The predicted octanol–water partition coefficient (Wildman–Crippen LogP) is 2.39. The number of rotatable bonds is 3. The molecule has 3 N–H and O–H groups in total. The highest BCUT2D eigenvalue weighted by molar-refractivity contribution is 6.10. The number of nitrogens with one attached hydrogen (secondary N) is 1. The SMILES string of the molecule is C=CC(=O)N1CCC=C(c2c(F)cc(C(N)=O)c3[nH]c(C)c(C#N)c23)C1. The molecule has 0 bridgehead atoms. The summed E-state index contributed by atoms with van der Waals surface area (Å²) in [5.41, 5.74) is 7.26. The van der Waals surface area contributed by atoms with Gasteiger partial charge in [0.15, 0.2) is 0 Å². The molecular formula is C19H17FN4O2. The number of halogens is 1. The van der Waals surface area contributed by atoms with E-state index < -0.39 is 11.7 Å². The van der Waals surface area contributed by atoms with E-state index in [9.17, 15) is 19.2 Å². The summed E-state index contributed by atoms with van der Waals surface area (Å²) < 4.78 is 15.0. The molecule has 6 nitrogen and oxygen atoms in total. The largest absolute Gasteiger partial charge is 0.366 e. The Balaban J connectivity index is 2.29. The molecule has 0 spiro atoms. The van der Waals surface area contributed by atoms with Crippen LogP contribution in [0.1, 0.15) is 33.6 Å². The lowest BCUT2D eigenvalue weighted by Gasteiger charge is -2.27. The molecule has 0 fully saturated rings. The number of primary amides is 1. The summed E-state index contributed by atoms with van der Waals surface area (Å²) in [5.74, 6) is -1.68. The van der Waals surface area contributed by atoms with E-state index in [1.165, 1.54) is 6.08 Å². The highest BCUT2D eigenvalue weighted by Crippen LogP contribution is 2.35. The van der Waals surface area contributed by atoms with Crippen molar-refractivity contribution in [1.82, 2.24) is 9.88 Å². The third-order valence-corrected chi connectivity index (χ3v) is 4.55. The van der Waals surface area contributed by atoms with Gasteiger partial charge in [-0.15, -0.1) is 0 Å². The quantitative estimate of drug-likeness (QED) is 0.829. The number of H-pyrrole nitrogens is 1. The molecule has 0 radical (unpaired) electrons. The molecule has 2 amide bonds. The highest BCUT2D eigenvalue weighted by Gasteiger charge is 2.26. The molecule has 1 aliphatic heterocycles. The number of aryl methyl sites for hydroxylation is 1. The maximum absolute atomic E-state index is 15.0. The zero-order chi connectivity index (χ0) is 19.0. The van der Waals surface area contributed by atoms with Crippen LogP contribution in [0.3, 0.4) is 0 Å². The van der Waals surface area contributed by atoms with Crippen molar-refractivity contribution in [2.75, 3.05) is 13.1 Å². The Morgan fingerprint density at radius 3 is 2.85 bits per heavy atom. The van der Waals surface area contributed by atoms with E-state index in [4.69, 9.17) is 5.73 Å². The van der Waals surface area contributed by atoms with Crippen LogP contribution in [0.4, 0.5) is 4.39 Å². The summed E-state index contributed by atoms with van der Waals surface area (Å²) in [4.78, 5) is 28.2. The van der Waals surface area contributed by atoms with E-state index >= 15 is 0 Å². The van der Waals surface area contributed by atoms with E-state index in [1.807, 2.05) is 6.08 Å². The zero-order valence-electron chi connectivity index (χ0n) is 14.2. The monoisotopic (exact) mass is 352 g/mol. The summed E-state index contributed by atoms with van der Waals surface area (Å²) in [7, 11) is 0. The van der Waals surface area contributed by atoms with Gasteiger partial charge in [-0.2, -0.15) is 5.26 Å². The number of hydrogen-bond donors (Lipinski definition) is 2. The molecule has 0 saturated heterocycles. The standard InChI is InChI=1S/C19H17FN4O2/c1-3-15(25)24-6-4-5-11(9-24)16-14(20)7-12(19(22)26)18-17(16)13(8-21)10(2)23-18/h3,5,7,23H,1,4,6,9H2,2H3,(H2,22,26). The number of aromatic amines is 1. The van der Waals surface area contributed by atoms with Crippen LogP contribution in [0, 0.1) is 24.1 Å². The molecule has 2 aromatic rings. The van der Waals surface area contributed by atoms with E-state index in [-0.39, 0.29) is 29.1 Å². The number of fused-ring (bicyclic) bond motifs is 1. The fraction of sp³-hybridized carbons (Fsp3) is 0.211. The van der Waals surface area contributed by atoms with E-state index in [1.54, 1.807) is 11.8 Å². The minimum absolute atomic E-state index is 0.0127. The number of carbonyl (C=O) groups is 2. The number of amides is 2.